The number of fused-ring (bicyclic) bond motifs is 1. The van der Waals surface area contributed by atoms with Crippen molar-refractivity contribution < 1.29 is 14.3 Å². The maximum atomic E-state index is 9.11. The van der Waals surface area contributed by atoms with Crippen molar-refractivity contribution in [1.29, 1.82) is 0 Å². The summed E-state index contributed by atoms with van der Waals surface area (Å²) < 4.78 is 10.7. The minimum Gasteiger partial charge on any atom is -0.493 e. The van der Waals surface area contributed by atoms with Gasteiger partial charge >= 0.3 is 0 Å². The molecule has 0 spiro atoms. The van der Waals surface area contributed by atoms with Crippen molar-refractivity contribution in [2.75, 3.05) is 6.61 Å². The number of hydrogen-bond donors (Lipinski definition) is 1. The fraction of sp³-hybridized carbons (Fsp3) is 0.250. The van der Waals surface area contributed by atoms with Crippen LogP contribution in [-0.4, -0.2) is 16.7 Å². The molecule has 0 unspecified atom stereocenters. The summed E-state index contributed by atoms with van der Waals surface area (Å²) in [6, 6.07) is 5.88. The van der Waals surface area contributed by atoms with Crippen LogP contribution in [0.25, 0.3) is 11.3 Å². The van der Waals surface area contributed by atoms with Crippen molar-refractivity contribution >= 4 is 0 Å². The van der Waals surface area contributed by atoms with Crippen LogP contribution in [0.3, 0.4) is 0 Å². The molecule has 0 fully saturated rings. The zero-order valence-electron chi connectivity index (χ0n) is 8.64. The van der Waals surface area contributed by atoms with E-state index in [1.54, 1.807) is 0 Å². The number of aliphatic hydroxyl groups is 1. The van der Waals surface area contributed by atoms with Gasteiger partial charge in [-0.3, -0.25) is 0 Å². The Balaban J connectivity index is 2.07. The Morgan fingerprint density at radius 3 is 3.19 bits per heavy atom. The fourth-order valence-electron chi connectivity index (χ4n) is 1.94. The van der Waals surface area contributed by atoms with E-state index >= 15 is 0 Å². The Bertz CT molecular complexity index is 519. The largest absolute Gasteiger partial charge is 0.493 e. The minimum absolute atomic E-state index is 0.112. The first kappa shape index (κ1) is 9.42. The highest BCUT2D eigenvalue weighted by Gasteiger charge is 2.15. The molecule has 0 saturated carbocycles. The highest BCUT2D eigenvalue weighted by Crippen LogP contribution is 2.31. The third-order valence-electron chi connectivity index (χ3n) is 2.74. The molecular weight excluding hydrogens is 206 g/mol. The van der Waals surface area contributed by atoms with Gasteiger partial charge < -0.3 is 14.3 Å². The van der Waals surface area contributed by atoms with E-state index in [-0.39, 0.29) is 6.61 Å². The third-order valence-corrected chi connectivity index (χ3v) is 2.74. The summed E-state index contributed by atoms with van der Waals surface area (Å²) in [7, 11) is 0. The van der Waals surface area contributed by atoms with Crippen LogP contribution in [0.1, 0.15) is 11.3 Å². The molecule has 0 atom stereocenters. The number of aromatic nitrogens is 1. The second-order valence-electron chi connectivity index (χ2n) is 3.71. The van der Waals surface area contributed by atoms with Gasteiger partial charge in [0.25, 0.3) is 0 Å². The molecule has 0 bridgehead atoms. The van der Waals surface area contributed by atoms with Crippen LogP contribution in [0.15, 0.2) is 29.0 Å². The van der Waals surface area contributed by atoms with E-state index in [4.69, 9.17) is 14.3 Å². The summed E-state index contributed by atoms with van der Waals surface area (Å²) in [4.78, 5) is 3.96. The van der Waals surface area contributed by atoms with Crippen molar-refractivity contribution in [3.63, 3.8) is 0 Å². The van der Waals surface area contributed by atoms with Crippen LogP contribution in [0.2, 0.25) is 0 Å². The maximum absolute atomic E-state index is 9.11. The number of oxazole rings is 1. The highest BCUT2D eigenvalue weighted by molar-refractivity contribution is 5.63. The highest BCUT2D eigenvalue weighted by atomic mass is 16.5. The molecule has 1 aliphatic rings. The lowest BCUT2D eigenvalue weighted by atomic mass is 10.1. The summed E-state index contributed by atoms with van der Waals surface area (Å²) in [5, 5.41) is 9.11. The molecule has 82 valence electrons. The predicted octanol–water partition coefficient (Wildman–Crippen LogP) is 1.77. The summed E-state index contributed by atoms with van der Waals surface area (Å²) in [5.41, 5.74) is 2.68. The molecule has 4 nitrogen and oxygen atoms in total. The van der Waals surface area contributed by atoms with E-state index in [1.165, 1.54) is 12.0 Å². The minimum atomic E-state index is -0.112. The molecule has 0 aliphatic carbocycles. The van der Waals surface area contributed by atoms with Crippen LogP contribution < -0.4 is 4.74 Å². The Labute approximate surface area is 92.5 Å². The molecule has 1 N–H and O–H groups in total. The van der Waals surface area contributed by atoms with Gasteiger partial charge in [0, 0.05) is 12.0 Å². The molecule has 0 radical (unpaired) electrons. The monoisotopic (exact) mass is 217 g/mol. The summed E-state index contributed by atoms with van der Waals surface area (Å²) in [5.74, 6) is 1.58. The molecule has 3 rings (SSSR count). The van der Waals surface area contributed by atoms with E-state index < -0.39 is 0 Å². The van der Waals surface area contributed by atoms with Crippen LogP contribution in [0, 0.1) is 0 Å². The Kier molecular flexibility index (Phi) is 2.15. The molecule has 0 amide bonds. The first-order valence-electron chi connectivity index (χ1n) is 5.18. The van der Waals surface area contributed by atoms with Gasteiger partial charge in [-0.1, -0.05) is 0 Å². The molecule has 2 aromatic rings. The Hall–Kier alpha value is -1.81. The van der Waals surface area contributed by atoms with Crippen LogP contribution in [0.4, 0.5) is 0 Å². The van der Waals surface area contributed by atoms with Gasteiger partial charge in [0.2, 0.25) is 0 Å². The molecule has 4 heteroatoms. The second-order valence-corrected chi connectivity index (χ2v) is 3.71. The van der Waals surface area contributed by atoms with Crippen molar-refractivity contribution in [3.05, 3.63) is 35.9 Å². The molecular formula is C12H11NO3. The van der Waals surface area contributed by atoms with E-state index in [9.17, 15) is 0 Å². The number of benzene rings is 1. The predicted molar refractivity (Wildman–Crippen MR) is 57.1 cm³/mol. The van der Waals surface area contributed by atoms with Gasteiger partial charge in [-0.15, -0.1) is 0 Å². The summed E-state index contributed by atoms with van der Waals surface area (Å²) in [6.07, 6.45) is 2.27. The first-order chi connectivity index (χ1) is 7.88. The van der Waals surface area contributed by atoms with Gasteiger partial charge in [-0.05, 0) is 23.8 Å². The Morgan fingerprint density at radius 1 is 1.38 bits per heavy atom. The number of nitrogens with zero attached hydrogens (tertiary/aromatic N) is 1. The van der Waals surface area contributed by atoms with Crippen LogP contribution in [-0.2, 0) is 13.0 Å². The number of rotatable bonds is 2. The fourth-order valence-corrected chi connectivity index (χ4v) is 1.94. The van der Waals surface area contributed by atoms with Gasteiger partial charge in [0.15, 0.2) is 12.2 Å². The van der Waals surface area contributed by atoms with Gasteiger partial charge in [-0.25, -0.2) is 4.98 Å². The van der Waals surface area contributed by atoms with Gasteiger partial charge in [-0.2, -0.15) is 0 Å². The van der Waals surface area contributed by atoms with Crippen LogP contribution >= 0.6 is 0 Å². The van der Waals surface area contributed by atoms with Crippen molar-refractivity contribution in [3.8, 4) is 17.1 Å². The van der Waals surface area contributed by atoms with E-state index in [2.05, 4.69) is 4.98 Å². The zero-order valence-corrected chi connectivity index (χ0v) is 8.64. The van der Waals surface area contributed by atoms with Crippen LogP contribution in [0.5, 0.6) is 5.75 Å². The van der Waals surface area contributed by atoms with E-state index in [0.29, 0.717) is 11.5 Å². The second kappa shape index (κ2) is 3.64. The SMILES string of the molecule is OCc1ncoc1-c1ccc2c(c1)CCO2. The number of ether oxygens (including phenoxy) is 1. The lowest BCUT2D eigenvalue weighted by molar-refractivity contribution is 0.277. The quantitative estimate of drug-likeness (QED) is 0.832. The lowest BCUT2D eigenvalue weighted by Crippen LogP contribution is -1.87. The Morgan fingerprint density at radius 2 is 2.31 bits per heavy atom. The van der Waals surface area contributed by atoms with Crippen molar-refractivity contribution in [2.24, 2.45) is 0 Å². The molecule has 16 heavy (non-hydrogen) atoms. The zero-order chi connectivity index (χ0) is 11.0. The standard InChI is InChI=1S/C12H11NO3/c14-6-10-12(16-7-13-10)9-1-2-11-8(5-9)3-4-15-11/h1-2,5,7,14H,3-4,6H2. The topological polar surface area (TPSA) is 55.5 Å². The maximum Gasteiger partial charge on any atom is 0.181 e. The molecule has 1 aromatic carbocycles. The molecule has 1 aliphatic heterocycles. The summed E-state index contributed by atoms with van der Waals surface area (Å²) in [6.45, 7) is 0.626. The molecule has 1 aromatic heterocycles. The number of hydrogen-bond acceptors (Lipinski definition) is 4. The average molecular weight is 217 g/mol. The number of aliphatic hydroxyl groups excluding tert-OH is 1. The normalized spacial score (nSPS) is 13.6. The lowest BCUT2D eigenvalue weighted by Gasteiger charge is -2.02. The van der Waals surface area contributed by atoms with Crippen molar-refractivity contribution in [1.82, 2.24) is 4.98 Å². The third kappa shape index (κ3) is 1.39. The molecule has 2 heterocycles. The molecule has 0 saturated heterocycles. The van der Waals surface area contributed by atoms with E-state index in [0.717, 1.165) is 24.3 Å². The smallest absolute Gasteiger partial charge is 0.181 e. The summed E-state index contributed by atoms with van der Waals surface area (Å²) >= 11 is 0. The van der Waals surface area contributed by atoms with E-state index in [1.807, 2.05) is 18.2 Å². The van der Waals surface area contributed by atoms with Gasteiger partial charge in [0.05, 0.1) is 13.2 Å². The average Bonchev–Trinajstić information content (AvgIpc) is 2.96. The van der Waals surface area contributed by atoms with Crippen molar-refractivity contribution in [2.45, 2.75) is 13.0 Å². The van der Waals surface area contributed by atoms with Gasteiger partial charge in [0.1, 0.15) is 11.4 Å². The first-order valence-corrected chi connectivity index (χ1v) is 5.18.